The minimum atomic E-state index is 0.968. The molecule has 19 heavy (non-hydrogen) atoms. The molecule has 1 saturated carbocycles. The minimum Gasteiger partial charge on any atom is -0.313 e. The van der Waals surface area contributed by atoms with Crippen molar-refractivity contribution in [2.75, 3.05) is 6.54 Å². The van der Waals surface area contributed by atoms with Gasteiger partial charge in [-0.15, -0.1) is 0 Å². The van der Waals surface area contributed by atoms with Crippen molar-refractivity contribution in [3.8, 4) is 0 Å². The first kappa shape index (κ1) is 15.1. The lowest BCUT2D eigenvalue weighted by Crippen LogP contribution is -2.20. The average molecular weight is 324 g/mol. The van der Waals surface area contributed by atoms with Gasteiger partial charge in [0.15, 0.2) is 0 Å². The molecule has 0 aromatic heterocycles. The van der Waals surface area contributed by atoms with Crippen LogP contribution in [0.5, 0.6) is 0 Å². The summed E-state index contributed by atoms with van der Waals surface area (Å²) < 4.78 is 1.20. The Morgan fingerprint density at radius 2 is 1.95 bits per heavy atom. The van der Waals surface area contributed by atoms with E-state index >= 15 is 0 Å². The fourth-order valence-electron chi connectivity index (χ4n) is 2.97. The second-order valence-electron chi connectivity index (χ2n) is 6.17. The fraction of sp³-hybridized carbons (Fsp3) is 0.647. The Balaban J connectivity index is 1.65. The van der Waals surface area contributed by atoms with Crippen LogP contribution < -0.4 is 5.32 Å². The Bertz CT molecular complexity index is 394. The third kappa shape index (κ3) is 4.92. The maximum Gasteiger partial charge on any atom is 0.0205 e. The van der Waals surface area contributed by atoms with E-state index in [1.807, 2.05) is 0 Å². The molecule has 1 N–H and O–H groups in total. The summed E-state index contributed by atoms with van der Waals surface area (Å²) in [7, 11) is 0. The highest BCUT2D eigenvalue weighted by atomic mass is 79.9. The van der Waals surface area contributed by atoms with Crippen LogP contribution in [0.15, 0.2) is 22.7 Å². The van der Waals surface area contributed by atoms with E-state index in [-0.39, 0.29) is 0 Å². The Morgan fingerprint density at radius 3 is 2.63 bits per heavy atom. The molecule has 0 unspecified atom stereocenters. The second-order valence-corrected chi connectivity index (χ2v) is 7.03. The predicted molar refractivity (Wildman–Crippen MR) is 86.3 cm³/mol. The number of halogens is 1. The lowest BCUT2D eigenvalue weighted by molar-refractivity contribution is 0.275. The fourth-order valence-corrected chi connectivity index (χ4v) is 3.22. The van der Waals surface area contributed by atoms with Crippen LogP contribution in [0.1, 0.15) is 50.2 Å². The van der Waals surface area contributed by atoms with E-state index in [0.29, 0.717) is 0 Å². The molecule has 0 spiro atoms. The maximum atomic E-state index is 3.59. The largest absolute Gasteiger partial charge is 0.313 e. The summed E-state index contributed by atoms with van der Waals surface area (Å²) >= 11 is 3.55. The van der Waals surface area contributed by atoms with Crippen LogP contribution in [-0.4, -0.2) is 6.54 Å². The van der Waals surface area contributed by atoms with E-state index in [9.17, 15) is 0 Å². The van der Waals surface area contributed by atoms with Gasteiger partial charge >= 0.3 is 0 Å². The van der Waals surface area contributed by atoms with Crippen LogP contribution in [0.2, 0.25) is 0 Å². The van der Waals surface area contributed by atoms with Gasteiger partial charge in [0.05, 0.1) is 0 Å². The summed E-state index contributed by atoms with van der Waals surface area (Å²) in [6.07, 6.45) is 7.12. The van der Waals surface area contributed by atoms with Gasteiger partial charge in [0, 0.05) is 11.0 Å². The van der Waals surface area contributed by atoms with Crippen LogP contribution in [-0.2, 0) is 6.54 Å². The first-order chi connectivity index (χ1) is 9.15. The smallest absolute Gasteiger partial charge is 0.0205 e. The van der Waals surface area contributed by atoms with Crippen molar-refractivity contribution >= 4 is 15.9 Å². The highest BCUT2D eigenvalue weighted by molar-refractivity contribution is 9.10. The van der Waals surface area contributed by atoms with Gasteiger partial charge < -0.3 is 5.32 Å². The first-order valence-electron chi connectivity index (χ1n) is 7.61. The molecule has 0 radical (unpaired) electrons. The van der Waals surface area contributed by atoms with Gasteiger partial charge in [-0.2, -0.15) is 0 Å². The van der Waals surface area contributed by atoms with Crippen molar-refractivity contribution in [1.82, 2.24) is 5.32 Å². The number of rotatable bonds is 5. The van der Waals surface area contributed by atoms with E-state index < -0.39 is 0 Å². The Labute approximate surface area is 126 Å². The monoisotopic (exact) mass is 323 g/mol. The molecule has 1 aromatic rings. The van der Waals surface area contributed by atoms with Crippen molar-refractivity contribution in [2.24, 2.45) is 11.8 Å². The molecule has 2 rings (SSSR count). The zero-order valence-corrected chi connectivity index (χ0v) is 13.8. The lowest BCUT2D eigenvalue weighted by Gasteiger charge is -2.26. The third-order valence-electron chi connectivity index (χ3n) is 4.42. The Kier molecular flexibility index (Phi) is 5.90. The molecule has 0 aliphatic heterocycles. The van der Waals surface area contributed by atoms with Crippen molar-refractivity contribution in [1.29, 1.82) is 0 Å². The summed E-state index contributed by atoms with van der Waals surface area (Å²) in [5.74, 6) is 1.94. The van der Waals surface area contributed by atoms with Gasteiger partial charge in [-0.05, 0) is 48.9 Å². The predicted octanol–water partition coefficient (Wildman–Crippen LogP) is 5.06. The SMILES string of the molecule is Cc1cc(CNCCC2CCC(C)CC2)ccc1Br. The zero-order valence-electron chi connectivity index (χ0n) is 12.2. The van der Waals surface area contributed by atoms with Crippen LogP contribution in [0.3, 0.4) is 0 Å². The number of nitrogens with one attached hydrogen (secondary N) is 1. The van der Waals surface area contributed by atoms with E-state index in [1.54, 1.807) is 0 Å². The molecule has 0 atom stereocenters. The van der Waals surface area contributed by atoms with Gasteiger partial charge in [0.2, 0.25) is 0 Å². The van der Waals surface area contributed by atoms with Crippen molar-refractivity contribution < 1.29 is 0 Å². The molecular weight excluding hydrogens is 298 g/mol. The van der Waals surface area contributed by atoms with Crippen molar-refractivity contribution in [3.05, 3.63) is 33.8 Å². The molecule has 0 heterocycles. The van der Waals surface area contributed by atoms with Gasteiger partial charge in [-0.3, -0.25) is 0 Å². The Hall–Kier alpha value is -0.340. The normalized spacial score (nSPS) is 23.5. The van der Waals surface area contributed by atoms with Crippen LogP contribution in [0, 0.1) is 18.8 Å². The average Bonchev–Trinajstić information content (AvgIpc) is 2.41. The van der Waals surface area contributed by atoms with Gasteiger partial charge in [-0.1, -0.05) is 60.7 Å². The first-order valence-corrected chi connectivity index (χ1v) is 8.40. The zero-order chi connectivity index (χ0) is 13.7. The van der Waals surface area contributed by atoms with Crippen molar-refractivity contribution in [2.45, 2.75) is 52.5 Å². The van der Waals surface area contributed by atoms with Crippen molar-refractivity contribution in [3.63, 3.8) is 0 Å². The minimum absolute atomic E-state index is 0.968. The highest BCUT2D eigenvalue weighted by Gasteiger charge is 2.17. The summed E-state index contributed by atoms with van der Waals surface area (Å²) in [5.41, 5.74) is 2.71. The van der Waals surface area contributed by atoms with Gasteiger partial charge in [0.1, 0.15) is 0 Å². The highest BCUT2D eigenvalue weighted by Crippen LogP contribution is 2.29. The maximum absolute atomic E-state index is 3.59. The van der Waals surface area contributed by atoms with Crippen LogP contribution in [0.25, 0.3) is 0 Å². The lowest BCUT2D eigenvalue weighted by atomic mass is 9.81. The summed E-state index contributed by atoms with van der Waals surface area (Å²) in [6.45, 7) is 6.70. The Morgan fingerprint density at radius 1 is 1.21 bits per heavy atom. The number of hydrogen-bond donors (Lipinski definition) is 1. The molecule has 0 bridgehead atoms. The quantitative estimate of drug-likeness (QED) is 0.746. The van der Waals surface area contributed by atoms with Crippen LogP contribution >= 0.6 is 15.9 Å². The van der Waals surface area contributed by atoms with E-state index in [4.69, 9.17) is 0 Å². The van der Waals surface area contributed by atoms with Gasteiger partial charge in [0.25, 0.3) is 0 Å². The molecular formula is C17H26BrN. The van der Waals surface area contributed by atoms with Gasteiger partial charge in [-0.25, -0.2) is 0 Å². The molecule has 106 valence electrons. The van der Waals surface area contributed by atoms with E-state index in [0.717, 1.165) is 24.9 Å². The molecule has 0 amide bonds. The topological polar surface area (TPSA) is 12.0 Å². The molecule has 1 aromatic carbocycles. The molecule has 1 aliphatic carbocycles. The molecule has 1 fully saturated rings. The van der Waals surface area contributed by atoms with E-state index in [2.05, 4.69) is 53.3 Å². The second kappa shape index (κ2) is 7.44. The standard InChI is InChI=1S/C17H26BrN/c1-13-3-5-15(6-4-13)9-10-19-12-16-7-8-17(18)14(2)11-16/h7-8,11,13,15,19H,3-6,9-10,12H2,1-2H3. The number of aryl methyl sites for hydroxylation is 1. The number of benzene rings is 1. The molecule has 0 saturated heterocycles. The third-order valence-corrected chi connectivity index (χ3v) is 5.31. The van der Waals surface area contributed by atoms with Crippen LogP contribution in [0.4, 0.5) is 0 Å². The summed E-state index contributed by atoms with van der Waals surface area (Å²) in [5, 5.41) is 3.59. The molecule has 1 nitrogen and oxygen atoms in total. The molecule has 1 aliphatic rings. The summed E-state index contributed by atoms with van der Waals surface area (Å²) in [6, 6.07) is 6.61. The molecule has 2 heteroatoms. The van der Waals surface area contributed by atoms with E-state index in [1.165, 1.54) is 47.7 Å². The number of hydrogen-bond acceptors (Lipinski definition) is 1. The summed E-state index contributed by atoms with van der Waals surface area (Å²) in [4.78, 5) is 0.